The zero-order valence-electron chi connectivity index (χ0n) is 12.6. The smallest absolute Gasteiger partial charge is 0.374 e. The lowest BCUT2D eigenvalue weighted by Gasteiger charge is -2.28. The summed E-state index contributed by atoms with van der Waals surface area (Å²) in [7, 11) is -5.35. The molecular formula is C11H28NO6PSi. The first-order chi connectivity index (χ1) is 9.60. The largest absolute Gasteiger partial charge is 0.500 e. The molecule has 0 rings (SSSR count). The van der Waals surface area contributed by atoms with E-state index in [1.165, 1.54) is 0 Å². The van der Waals surface area contributed by atoms with Crippen LogP contribution in [0.4, 0.5) is 0 Å². The van der Waals surface area contributed by atoms with Crippen LogP contribution in [0.2, 0.25) is 6.04 Å². The molecule has 0 aromatic heterocycles. The summed E-state index contributed by atoms with van der Waals surface area (Å²) in [6.45, 7) is 9.10. The summed E-state index contributed by atoms with van der Waals surface area (Å²) in [5.74, 6) is 0. The van der Waals surface area contributed by atoms with Crippen LogP contribution in [-0.2, 0) is 22.4 Å². The van der Waals surface area contributed by atoms with Gasteiger partial charge < -0.3 is 28.0 Å². The van der Waals surface area contributed by atoms with Gasteiger partial charge in [0.05, 0.1) is 6.61 Å². The highest BCUT2D eigenvalue weighted by Gasteiger charge is 2.39. The molecule has 0 amide bonds. The fraction of sp³-hybridized carbons (Fsp3) is 1.00. The maximum atomic E-state index is 10.3. The summed E-state index contributed by atoms with van der Waals surface area (Å²) in [5.41, 5.74) is 0. The molecule has 2 N–H and O–H groups in total. The van der Waals surface area contributed by atoms with E-state index in [2.05, 4.69) is 9.84 Å². The van der Waals surface area contributed by atoms with Gasteiger partial charge in [-0.25, -0.2) is 0 Å². The minimum Gasteiger partial charge on any atom is -0.374 e. The highest BCUT2D eigenvalue weighted by molar-refractivity contribution is 7.32. The minimum absolute atomic E-state index is 0.235. The Balaban J connectivity index is 3.91. The van der Waals surface area contributed by atoms with Gasteiger partial charge in [0.1, 0.15) is 0 Å². The van der Waals surface area contributed by atoms with Gasteiger partial charge in [-0.1, -0.05) is 0 Å². The van der Waals surface area contributed by atoms with E-state index in [0.717, 1.165) is 19.0 Å². The molecule has 0 aromatic carbocycles. The molecule has 0 aliphatic rings. The van der Waals surface area contributed by atoms with Crippen LogP contribution in [0.5, 0.6) is 0 Å². The summed E-state index contributed by atoms with van der Waals surface area (Å²) in [4.78, 5) is 8.49. The molecule has 0 spiro atoms. The number of nitrogens with one attached hydrogen (secondary N) is 1. The van der Waals surface area contributed by atoms with E-state index >= 15 is 0 Å². The summed E-state index contributed by atoms with van der Waals surface area (Å²) in [5, 5.41) is 3.14. The third kappa shape index (κ3) is 10.0. The van der Waals surface area contributed by atoms with Crippen molar-refractivity contribution in [3.63, 3.8) is 0 Å². The maximum Gasteiger partial charge on any atom is 0.500 e. The van der Waals surface area contributed by atoms with E-state index in [1.54, 1.807) is 0 Å². The second kappa shape index (κ2) is 12.9. The zero-order chi connectivity index (χ0) is 15.3. The van der Waals surface area contributed by atoms with Gasteiger partial charge in [0.2, 0.25) is 0 Å². The van der Waals surface area contributed by atoms with E-state index in [0.29, 0.717) is 26.4 Å². The molecule has 0 aliphatic carbocycles. The Morgan fingerprint density at radius 1 is 1.05 bits per heavy atom. The second-order valence-corrected chi connectivity index (χ2v) is 7.50. The fourth-order valence-electron chi connectivity index (χ4n) is 1.77. The van der Waals surface area contributed by atoms with Crippen molar-refractivity contribution in [1.82, 2.24) is 5.32 Å². The predicted molar refractivity (Wildman–Crippen MR) is 80.1 cm³/mol. The first-order valence-electron chi connectivity index (χ1n) is 7.08. The molecule has 0 saturated heterocycles. The van der Waals surface area contributed by atoms with E-state index in [1.807, 2.05) is 20.8 Å². The standard InChI is InChI=1S/C11H28NO6PSi/c1-4-16-20(17-5-2,18-6-3)11-7-8-12-9-10-15-19(13)14/h12,19H,4-11H2,1-3H3,(H,13,14). The van der Waals surface area contributed by atoms with E-state index < -0.39 is 17.1 Å². The van der Waals surface area contributed by atoms with Crippen LogP contribution in [0.15, 0.2) is 0 Å². The molecule has 0 aliphatic heterocycles. The van der Waals surface area contributed by atoms with E-state index in [-0.39, 0.29) is 6.61 Å². The molecule has 0 saturated carbocycles. The summed E-state index contributed by atoms with van der Waals surface area (Å²) < 4.78 is 32.1. The zero-order valence-corrected chi connectivity index (χ0v) is 14.6. The van der Waals surface area contributed by atoms with Crippen molar-refractivity contribution < 1.29 is 27.3 Å². The lowest BCUT2D eigenvalue weighted by Crippen LogP contribution is -2.46. The second-order valence-electron chi connectivity index (χ2n) is 3.95. The van der Waals surface area contributed by atoms with Gasteiger partial charge >= 0.3 is 17.1 Å². The first-order valence-corrected chi connectivity index (χ1v) is 10.3. The molecule has 0 heterocycles. The van der Waals surface area contributed by atoms with Crippen molar-refractivity contribution in [2.75, 3.05) is 39.5 Å². The highest BCUT2D eigenvalue weighted by Crippen LogP contribution is 2.17. The van der Waals surface area contributed by atoms with Gasteiger partial charge in [-0.15, -0.1) is 0 Å². The quantitative estimate of drug-likeness (QED) is 0.283. The Kier molecular flexibility index (Phi) is 13.0. The number of hydrogen-bond donors (Lipinski definition) is 2. The Morgan fingerprint density at radius 2 is 1.60 bits per heavy atom. The third-order valence-corrected chi connectivity index (χ3v) is 6.04. The molecular weight excluding hydrogens is 301 g/mol. The van der Waals surface area contributed by atoms with E-state index in [4.69, 9.17) is 18.2 Å². The molecule has 9 heteroatoms. The Morgan fingerprint density at radius 3 is 2.05 bits per heavy atom. The topological polar surface area (TPSA) is 86.3 Å². The van der Waals surface area contributed by atoms with Gasteiger partial charge in [-0.2, -0.15) is 0 Å². The number of rotatable bonds is 14. The molecule has 1 unspecified atom stereocenters. The van der Waals surface area contributed by atoms with Crippen LogP contribution in [-0.4, -0.2) is 53.2 Å². The van der Waals surface area contributed by atoms with E-state index in [9.17, 15) is 4.57 Å². The van der Waals surface area contributed by atoms with Crippen molar-refractivity contribution >= 4 is 17.1 Å². The molecule has 20 heavy (non-hydrogen) atoms. The normalized spacial score (nSPS) is 13.6. The SMILES string of the molecule is CCO[Si](CCCNCCO[PH](=O)O)(OCC)OCC. The van der Waals surface area contributed by atoms with Gasteiger partial charge in [0, 0.05) is 32.4 Å². The van der Waals surface area contributed by atoms with Crippen molar-refractivity contribution in [3.8, 4) is 0 Å². The Hall–Kier alpha value is 0.207. The predicted octanol–water partition coefficient (Wildman–Crippen LogP) is 1.41. The summed E-state index contributed by atoms with van der Waals surface area (Å²) in [6.07, 6.45) is 0.862. The average Bonchev–Trinajstić information content (AvgIpc) is 2.38. The van der Waals surface area contributed by atoms with Crippen LogP contribution in [0.25, 0.3) is 0 Å². The average molecular weight is 329 g/mol. The molecule has 0 bridgehead atoms. The van der Waals surface area contributed by atoms with Crippen molar-refractivity contribution in [3.05, 3.63) is 0 Å². The van der Waals surface area contributed by atoms with Gasteiger partial charge in [-0.3, -0.25) is 4.57 Å². The lowest BCUT2D eigenvalue weighted by molar-refractivity contribution is 0.0708. The Labute approximate surface area is 123 Å². The lowest BCUT2D eigenvalue weighted by atomic mass is 10.5. The molecule has 0 aromatic rings. The monoisotopic (exact) mass is 329 g/mol. The fourth-order valence-corrected chi connectivity index (χ4v) is 4.66. The van der Waals surface area contributed by atoms with Crippen LogP contribution < -0.4 is 5.32 Å². The third-order valence-electron chi connectivity index (χ3n) is 2.43. The first kappa shape index (κ1) is 20.2. The van der Waals surface area contributed by atoms with Gasteiger partial charge in [-0.05, 0) is 33.7 Å². The molecule has 1 atom stereocenters. The maximum absolute atomic E-state index is 10.3. The van der Waals surface area contributed by atoms with Gasteiger partial charge in [0.25, 0.3) is 0 Å². The molecule has 7 nitrogen and oxygen atoms in total. The molecule has 0 radical (unpaired) electrons. The molecule has 122 valence electrons. The Bertz CT molecular complexity index is 242. The van der Waals surface area contributed by atoms with Crippen molar-refractivity contribution in [2.45, 2.75) is 33.2 Å². The number of hydrogen-bond acceptors (Lipinski definition) is 6. The van der Waals surface area contributed by atoms with Crippen LogP contribution in [0.1, 0.15) is 27.2 Å². The molecule has 0 fully saturated rings. The summed E-state index contributed by atoms with van der Waals surface area (Å²) in [6, 6.07) is 0.757. The summed E-state index contributed by atoms with van der Waals surface area (Å²) >= 11 is 0. The van der Waals surface area contributed by atoms with Crippen LogP contribution in [0, 0.1) is 0 Å². The highest BCUT2D eigenvalue weighted by atomic mass is 31.1. The van der Waals surface area contributed by atoms with Gasteiger partial charge in [0.15, 0.2) is 0 Å². The van der Waals surface area contributed by atoms with Crippen LogP contribution >= 0.6 is 8.25 Å². The van der Waals surface area contributed by atoms with Crippen molar-refractivity contribution in [2.24, 2.45) is 0 Å². The van der Waals surface area contributed by atoms with Crippen molar-refractivity contribution in [1.29, 1.82) is 0 Å². The minimum atomic E-state index is -2.81. The van der Waals surface area contributed by atoms with Crippen LogP contribution in [0.3, 0.4) is 0 Å².